The van der Waals surface area contributed by atoms with Crippen molar-refractivity contribution < 1.29 is 18.5 Å². The molecule has 0 saturated carbocycles. The fourth-order valence-electron chi connectivity index (χ4n) is 8.10. The van der Waals surface area contributed by atoms with Crippen molar-refractivity contribution in [3.63, 3.8) is 0 Å². The molecule has 0 aromatic carbocycles. The molecule has 38 heavy (non-hydrogen) atoms. The number of allylic oxidation sites excluding steroid dienone is 12. The SMILES string of the molecule is C[NH2+]C1C(C(C2=CC=CCC2)C2C=CCCC2)=CC(C(F)(F)F)=CC1C(C1C=CCCC1)C1CC=CCC1. The monoisotopic (exact) mass is 524 g/mol. The summed E-state index contributed by atoms with van der Waals surface area (Å²) >= 11 is 0. The summed E-state index contributed by atoms with van der Waals surface area (Å²) in [6.07, 6.45) is 30.7. The van der Waals surface area contributed by atoms with Crippen LogP contribution in [0, 0.1) is 35.5 Å². The summed E-state index contributed by atoms with van der Waals surface area (Å²) in [4.78, 5) is 0. The number of rotatable bonds is 7. The number of likely N-dealkylation sites (N-methyl/N-ethyl adjacent to an activating group) is 1. The molecule has 2 N–H and O–H groups in total. The number of alkyl halides is 3. The Morgan fingerprint density at radius 1 is 0.868 bits per heavy atom. The molecule has 4 heteroatoms. The molecule has 206 valence electrons. The van der Waals surface area contributed by atoms with Gasteiger partial charge in [0, 0.05) is 11.8 Å². The molecule has 0 aliphatic heterocycles. The second-order valence-electron chi connectivity index (χ2n) is 12.1. The average molecular weight is 525 g/mol. The first-order valence-electron chi connectivity index (χ1n) is 15.1. The Bertz CT molecular complexity index is 1040. The van der Waals surface area contributed by atoms with E-state index in [1.807, 2.05) is 0 Å². The van der Waals surface area contributed by atoms with E-state index in [1.165, 1.54) is 5.57 Å². The lowest BCUT2D eigenvalue weighted by Crippen LogP contribution is -2.89. The Hall–Kier alpha value is -2.07. The highest BCUT2D eigenvalue weighted by Gasteiger charge is 2.48. The van der Waals surface area contributed by atoms with Gasteiger partial charge in [-0.05, 0) is 106 Å². The molecule has 0 aromatic heterocycles. The fourth-order valence-corrected chi connectivity index (χ4v) is 8.10. The molecular formula is C34H45F3N+. The quantitative estimate of drug-likeness (QED) is 0.324. The van der Waals surface area contributed by atoms with Crippen LogP contribution < -0.4 is 5.32 Å². The lowest BCUT2D eigenvalue weighted by Gasteiger charge is -2.45. The first-order chi connectivity index (χ1) is 18.5. The molecular weight excluding hydrogens is 479 g/mol. The van der Waals surface area contributed by atoms with Gasteiger partial charge in [-0.3, -0.25) is 0 Å². The van der Waals surface area contributed by atoms with Gasteiger partial charge in [-0.15, -0.1) is 0 Å². The summed E-state index contributed by atoms with van der Waals surface area (Å²) in [7, 11) is 2.09. The summed E-state index contributed by atoms with van der Waals surface area (Å²) in [6, 6.07) is 0.0273. The van der Waals surface area contributed by atoms with E-state index in [2.05, 4.69) is 67.0 Å². The second-order valence-corrected chi connectivity index (χ2v) is 12.1. The van der Waals surface area contributed by atoms with E-state index >= 15 is 0 Å². The molecule has 0 aromatic rings. The van der Waals surface area contributed by atoms with Crippen molar-refractivity contribution in [3.8, 4) is 0 Å². The Kier molecular flexibility index (Phi) is 8.98. The maximum absolute atomic E-state index is 14.6. The topological polar surface area (TPSA) is 16.6 Å². The Balaban J connectivity index is 1.62. The number of hydrogen-bond donors (Lipinski definition) is 1. The number of hydrogen-bond acceptors (Lipinski definition) is 0. The maximum atomic E-state index is 14.6. The van der Waals surface area contributed by atoms with Crippen molar-refractivity contribution in [3.05, 3.63) is 83.6 Å². The molecule has 5 aliphatic rings. The van der Waals surface area contributed by atoms with E-state index in [1.54, 1.807) is 12.2 Å². The van der Waals surface area contributed by atoms with Crippen molar-refractivity contribution >= 4 is 0 Å². The van der Waals surface area contributed by atoms with Crippen LogP contribution in [0.25, 0.3) is 0 Å². The third kappa shape index (κ3) is 6.06. The molecule has 0 saturated heterocycles. The first kappa shape index (κ1) is 27.5. The van der Waals surface area contributed by atoms with Crippen molar-refractivity contribution in [2.45, 2.75) is 82.8 Å². The van der Waals surface area contributed by atoms with Gasteiger partial charge in [0.15, 0.2) is 0 Å². The zero-order chi connectivity index (χ0) is 26.5. The average Bonchev–Trinajstić information content (AvgIpc) is 2.95. The molecule has 0 spiro atoms. The van der Waals surface area contributed by atoms with Crippen LogP contribution in [-0.2, 0) is 0 Å². The van der Waals surface area contributed by atoms with Crippen LogP contribution in [0.15, 0.2) is 83.6 Å². The fraction of sp³-hybridized carbons (Fsp3) is 0.588. The normalized spacial score (nSPS) is 33.4. The second kappa shape index (κ2) is 12.4. The van der Waals surface area contributed by atoms with Gasteiger partial charge in [0.2, 0.25) is 0 Å². The molecule has 0 bridgehead atoms. The molecule has 5 aliphatic carbocycles. The predicted molar refractivity (Wildman–Crippen MR) is 150 cm³/mol. The standard InChI is InChI=1S/C34H44F3N/c1-38-33-29(31(24-14-6-2-7-15-24)25-16-8-3-9-17-25)22-28(34(35,36)37)23-30(33)32(26-18-10-4-11-19-26)27-20-12-5-13-21-27/h2,4,6,8,10,12,14,16,20,22-23,25-27,30-33,38H,3,5,7,9,11,13,15,17-19,21H2,1H3/p+1. The molecule has 5 rings (SSSR count). The van der Waals surface area contributed by atoms with Crippen LogP contribution in [-0.4, -0.2) is 19.3 Å². The highest BCUT2D eigenvalue weighted by atomic mass is 19.4. The smallest absolute Gasteiger partial charge is 0.342 e. The lowest BCUT2D eigenvalue weighted by molar-refractivity contribution is -0.662. The van der Waals surface area contributed by atoms with Gasteiger partial charge in [0.25, 0.3) is 0 Å². The van der Waals surface area contributed by atoms with Crippen molar-refractivity contribution in [2.75, 3.05) is 7.05 Å². The number of quaternary nitrogens is 1. The maximum Gasteiger partial charge on any atom is 0.416 e. The van der Waals surface area contributed by atoms with Crippen LogP contribution in [0.4, 0.5) is 13.2 Å². The summed E-state index contributed by atoms with van der Waals surface area (Å²) in [5.74, 6) is 1.18. The molecule has 0 fully saturated rings. The summed E-state index contributed by atoms with van der Waals surface area (Å²) in [5.41, 5.74) is 1.92. The lowest BCUT2D eigenvalue weighted by atomic mass is 9.60. The summed E-state index contributed by atoms with van der Waals surface area (Å²) in [5, 5.41) is 2.25. The Morgan fingerprint density at radius 2 is 1.63 bits per heavy atom. The highest BCUT2D eigenvalue weighted by Crippen LogP contribution is 2.49. The van der Waals surface area contributed by atoms with Gasteiger partial charge >= 0.3 is 6.18 Å². The van der Waals surface area contributed by atoms with E-state index in [0.717, 1.165) is 76.2 Å². The van der Waals surface area contributed by atoms with Gasteiger partial charge in [0.05, 0.1) is 12.6 Å². The van der Waals surface area contributed by atoms with E-state index in [0.29, 0.717) is 11.8 Å². The van der Waals surface area contributed by atoms with E-state index in [4.69, 9.17) is 0 Å². The van der Waals surface area contributed by atoms with Gasteiger partial charge < -0.3 is 5.32 Å². The molecule has 7 unspecified atom stereocenters. The first-order valence-corrected chi connectivity index (χ1v) is 15.1. The number of halogens is 3. The third-order valence-electron chi connectivity index (χ3n) is 9.79. The van der Waals surface area contributed by atoms with Crippen molar-refractivity contribution in [1.82, 2.24) is 0 Å². The van der Waals surface area contributed by atoms with Crippen molar-refractivity contribution in [1.29, 1.82) is 0 Å². The number of nitrogens with two attached hydrogens (primary N) is 1. The highest BCUT2D eigenvalue weighted by molar-refractivity contribution is 5.42. The molecule has 0 radical (unpaired) electrons. The third-order valence-corrected chi connectivity index (χ3v) is 9.79. The van der Waals surface area contributed by atoms with E-state index in [9.17, 15) is 13.2 Å². The van der Waals surface area contributed by atoms with Gasteiger partial charge in [0.1, 0.15) is 6.04 Å². The molecule has 0 heterocycles. The largest absolute Gasteiger partial charge is 0.416 e. The van der Waals surface area contributed by atoms with E-state index < -0.39 is 11.7 Å². The van der Waals surface area contributed by atoms with Gasteiger partial charge in [-0.1, -0.05) is 66.3 Å². The molecule has 0 amide bonds. The molecule has 7 atom stereocenters. The van der Waals surface area contributed by atoms with Crippen LogP contribution in [0.3, 0.4) is 0 Å². The summed E-state index contributed by atoms with van der Waals surface area (Å²) in [6.45, 7) is 0. The van der Waals surface area contributed by atoms with Gasteiger partial charge in [-0.25, -0.2) is 0 Å². The minimum atomic E-state index is -4.34. The van der Waals surface area contributed by atoms with Crippen LogP contribution >= 0.6 is 0 Å². The van der Waals surface area contributed by atoms with Gasteiger partial charge in [-0.2, -0.15) is 13.2 Å². The zero-order valence-corrected chi connectivity index (χ0v) is 22.9. The predicted octanol–water partition coefficient (Wildman–Crippen LogP) is 8.17. The Labute approximate surface area is 227 Å². The zero-order valence-electron chi connectivity index (χ0n) is 22.9. The minimum absolute atomic E-state index is 0.0273. The summed E-state index contributed by atoms with van der Waals surface area (Å²) < 4.78 is 43.9. The van der Waals surface area contributed by atoms with Crippen LogP contribution in [0.5, 0.6) is 0 Å². The van der Waals surface area contributed by atoms with Crippen LogP contribution in [0.2, 0.25) is 0 Å². The Morgan fingerprint density at radius 3 is 2.21 bits per heavy atom. The van der Waals surface area contributed by atoms with E-state index in [-0.39, 0.29) is 29.7 Å². The minimum Gasteiger partial charge on any atom is -0.342 e. The van der Waals surface area contributed by atoms with Crippen molar-refractivity contribution in [2.24, 2.45) is 35.5 Å². The molecule has 1 nitrogen and oxygen atoms in total. The van der Waals surface area contributed by atoms with Crippen LogP contribution in [0.1, 0.15) is 70.6 Å².